The van der Waals surface area contributed by atoms with Crippen LogP contribution in [0.15, 0.2) is 24.3 Å². The fourth-order valence-corrected chi connectivity index (χ4v) is 3.43. The SMILES string of the molecule is CCCc1ccc(C(C)N(CC(N)=O)CC2CCCNC2)cc1. The number of nitrogens with two attached hydrogens (primary N) is 1. The van der Waals surface area contributed by atoms with Gasteiger partial charge in [-0.05, 0) is 56.3 Å². The maximum absolute atomic E-state index is 11.5. The Balaban J connectivity index is 2.04. The fourth-order valence-electron chi connectivity index (χ4n) is 3.43. The summed E-state index contributed by atoms with van der Waals surface area (Å²) in [5.74, 6) is 0.355. The Kier molecular flexibility index (Phi) is 7.06. The van der Waals surface area contributed by atoms with Crippen molar-refractivity contribution in [2.75, 3.05) is 26.2 Å². The molecule has 1 saturated heterocycles. The number of hydrogen-bond acceptors (Lipinski definition) is 3. The van der Waals surface area contributed by atoms with Gasteiger partial charge in [0, 0.05) is 12.6 Å². The highest BCUT2D eigenvalue weighted by Gasteiger charge is 2.23. The summed E-state index contributed by atoms with van der Waals surface area (Å²) in [4.78, 5) is 13.7. The molecule has 0 radical (unpaired) electrons. The predicted molar refractivity (Wildman–Crippen MR) is 95.2 cm³/mol. The van der Waals surface area contributed by atoms with Crippen molar-refractivity contribution in [3.05, 3.63) is 35.4 Å². The molecule has 0 spiro atoms. The Bertz CT molecular complexity index is 480. The molecule has 1 heterocycles. The average Bonchev–Trinajstić information content (AvgIpc) is 2.55. The van der Waals surface area contributed by atoms with Crippen LogP contribution in [0.4, 0.5) is 0 Å². The van der Waals surface area contributed by atoms with Gasteiger partial charge < -0.3 is 11.1 Å². The summed E-state index contributed by atoms with van der Waals surface area (Å²) in [6.07, 6.45) is 4.73. The van der Waals surface area contributed by atoms with Gasteiger partial charge in [-0.1, -0.05) is 37.6 Å². The van der Waals surface area contributed by atoms with Crippen LogP contribution in [0.5, 0.6) is 0 Å². The van der Waals surface area contributed by atoms with Crippen molar-refractivity contribution in [2.45, 2.75) is 45.6 Å². The van der Waals surface area contributed by atoms with Crippen molar-refractivity contribution in [1.82, 2.24) is 10.2 Å². The van der Waals surface area contributed by atoms with Gasteiger partial charge in [-0.2, -0.15) is 0 Å². The van der Waals surface area contributed by atoms with Crippen molar-refractivity contribution in [3.63, 3.8) is 0 Å². The maximum Gasteiger partial charge on any atom is 0.231 e. The zero-order chi connectivity index (χ0) is 16.7. The van der Waals surface area contributed by atoms with Crippen LogP contribution in [0.3, 0.4) is 0 Å². The van der Waals surface area contributed by atoms with E-state index >= 15 is 0 Å². The number of benzene rings is 1. The molecule has 1 aliphatic rings. The van der Waals surface area contributed by atoms with Crippen molar-refractivity contribution < 1.29 is 4.79 Å². The molecule has 0 aliphatic carbocycles. The van der Waals surface area contributed by atoms with Crippen molar-refractivity contribution in [1.29, 1.82) is 0 Å². The van der Waals surface area contributed by atoms with Gasteiger partial charge in [0.2, 0.25) is 5.91 Å². The molecular weight excluding hydrogens is 286 g/mol. The number of hydrogen-bond donors (Lipinski definition) is 2. The number of amides is 1. The highest BCUT2D eigenvalue weighted by Crippen LogP contribution is 2.23. The second-order valence-corrected chi connectivity index (χ2v) is 6.78. The standard InChI is InChI=1S/C19H31N3O/c1-3-5-16-7-9-18(10-8-16)15(2)22(14-19(20)23)13-17-6-4-11-21-12-17/h7-10,15,17,21H,3-6,11-14H2,1-2H3,(H2,20,23). The number of carbonyl (C=O) groups is 1. The lowest BCUT2D eigenvalue weighted by Crippen LogP contribution is -2.42. The molecule has 1 aromatic carbocycles. The summed E-state index contributed by atoms with van der Waals surface area (Å²) in [5, 5.41) is 3.45. The highest BCUT2D eigenvalue weighted by atomic mass is 16.1. The topological polar surface area (TPSA) is 58.4 Å². The zero-order valence-corrected chi connectivity index (χ0v) is 14.6. The molecule has 2 unspecified atom stereocenters. The van der Waals surface area contributed by atoms with Crippen LogP contribution < -0.4 is 11.1 Å². The lowest BCUT2D eigenvalue weighted by atomic mass is 9.97. The second-order valence-electron chi connectivity index (χ2n) is 6.78. The molecule has 128 valence electrons. The Morgan fingerprint density at radius 1 is 1.39 bits per heavy atom. The highest BCUT2D eigenvalue weighted by molar-refractivity contribution is 5.76. The van der Waals surface area contributed by atoms with Gasteiger partial charge in [0.05, 0.1) is 6.54 Å². The number of piperidine rings is 1. The molecule has 0 bridgehead atoms. The minimum atomic E-state index is -0.247. The van der Waals surface area contributed by atoms with Gasteiger partial charge >= 0.3 is 0 Å². The summed E-state index contributed by atoms with van der Waals surface area (Å²) in [6.45, 7) is 7.78. The van der Waals surface area contributed by atoms with E-state index in [0.717, 1.165) is 32.5 Å². The Labute approximate surface area is 140 Å². The van der Waals surface area contributed by atoms with Crippen molar-refractivity contribution in [2.24, 2.45) is 11.7 Å². The normalized spacial score (nSPS) is 19.7. The number of rotatable bonds is 8. The van der Waals surface area contributed by atoms with E-state index in [1.54, 1.807) is 0 Å². The van der Waals surface area contributed by atoms with Crippen LogP contribution in [0.25, 0.3) is 0 Å². The van der Waals surface area contributed by atoms with Crippen molar-refractivity contribution >= 4 is 5.91 Å². The van der Waals surface area contributed by atoms with Crippen LogP contribution in [-0.2, 0) is 11.2 Å². The lowest BCUT2D eigenvalue weighted by Gasteiger charge is -2.33. The largest absolute Gasteiger partial charge is 0.369 e. The van der Waals surface area contributed by atoms with Gasteiger partial charge in [0.25, 0.3) is 0 Å². The molecule has 2 atom stereocenters. The van der Waals surface area contributed by atoms with Crippen LogP contribution in [0.1, 0.15) is 50.3 Å². The predicted octanol–water partition coefficient (Wildman–Crippen LogP) is 2.49. The molecule has 23 heavy (non-hydrogen) atoms. The molecule has 1 amide bonds. The number of nitrogens with zero attached hydrogens (tertiary/aromatic N) is 1. The molecule has 4 nitrogen and oxygen atoms in total. The van der Waals surface area contributed by atoms with E-state index in [1.807, 2.05) is 0 Å². The summed E-state index contributed by atoms with van der Waals surface area (Å²) in [7, 11) is 0. The van der Waals surface area contributed by atoms with Crippen LogP contribution in [0.2, 0.25) is 0 Å². The Morgan fingerprint density at radius 3 is 2.70 bits per heavy atom. The quantitative estimate of drug-likeness (QED) is 0.774. The molecule has 1 aromatic rings. The zero-order valence-electron chi connectivity index (χ0n) is 14.6. The van der Waals surface area contributed by atoms with Gasteiger partial charge in [0.1, 0.15) is 0 Å². The fraction of sp³-hybridized carbons (Fsp3) is 0.632. The average molecular weight is 317 g/mol. The number of carbonyl (C=O) groups excluding carboxylic acids is 1. The van der Waals surface area contributed by atoms with Gasteiger partial charge in [-0.25, -0.2) is 0 Å². The lowest BCUT2D eigenvalue weighted by molar-refractivity contribution is -0.119. The van der Waals surface area contributed by atoms with Gasteiger partial charge in [-0.3, -0.25) is 9.69 Å². The summed E-state index contributed by atoms with van der Waals surface area (Å²) in [6, 6.07) is 9.02. The van der Waals surface area contributed by atoms with E-state index in [9.17, 15) is 4.79 Å². The first-order valence-electron chi connectivity index (χ1n) is 8.92. The van der Waals surface area contributed by atoms with Crippen LogP contribution in [-0.4, -0.2) is 37.0 Å². The third-order valence-corrected chi connectivity index (χ3v) is 4.80. The third kappa shape index (κ3) is 5.63. The summed E-state index contributed by atoms with van der Waals surface area (Å²) < 4.78 is 0. The Morgan fingerprint density at radius 2 is 2.13 bits per heavy atom. The van der Waals surface area contributed by atoms with Gasteiger partial charge in [-0.15, -0.1) is 0 Å². The Hall–Kier alpha value is -1.39. The maximum atomic E-state index is 11.5. The van der Waals surface area contributed by atoms with Crippen molar-refractivity contribution in [3.8, 4) is 0 Å². The van der Waals surface area contributed by atoms with Gasteiger partial charge in [0.15, 0.2) is 0 Å². The monoisotopic (exact) mass is 317 g/mol. The molecule has 2 rings (SSSR count). The number of primary amides is 1. The summed E-state index contributed by atoms with van der Waals surface area (Å²) in [5.41, 5.74) is 8.12. The molecule has 1 aliphatic heterocycles. The number of aryl methyl sites for hydroxylation is 1. The van der Waals surface area contributed by atoms with Crippen LogP contribution in [0, 0.1) is 5.92 Å². The van der Waals surface area contributed by atoms with E-state index < -0.39 is 0 Å². The third-order valence-electron chi connectivity index (χ3n) is 4.80. The second kappa shape index (κ2) is 9.04. The van der Waals surface area contributed by atoms with Crippen LogP contribution >= 0.6 is 0 Å². The first-order chi connectivity index (χ1) is 11.1. The van der Waals surface area contributed by atoms with E-state index in [1.165, 1.54) is 24.0 Å². The molecular formula is C19H31N3O. The minimum absolute atomic E-state index is 0.208. The van der Waals surface area contributed by atoms with E-state index in [2.05, 4.69) is 48.3 Å². The molecule has 3 N–H and O–H groups in total. The molecule has 4 heteroatoms. The smallest absolute Gasteiger partial charge is 0.231 e. The molecule has 0 aromatic heterocycles. The van der Waals surface area contributed by atoms with E-state index in [0.29, 0.717) is 12.5 Å². The number of nitrogens with one attached hydrogen (secondary N) is 1. The summed E-state index contributed by atoms with van der Waals surface area (Å²) >= 11 is 0. The molecule has 1 fully saturated rings. The van der Waals surface area contributed by atoms with E-state index in [-0.39, 0.29) is 11.9 Å². The molecule has 0 saturated carbocycles. The first kappa shape index (κ1) is 18.0. The van der Waals surface area contributed by atoms with E-state index in [4.69, 9.17) is 5.73 Å². The minimum Gasteiger partial charge on any atom is -0.369 e. The first-order valence-corrected chi connectivity index (χ1v) is 8.92.